The van der Waals surface area contributed by atoms with Crippen LogP contribution in [0.15, 0.2) is 42.5 Å². The molecular weight excluding hydrogens is 156 g/mol. The summed E-state index contributed by atoms with van der Waals surface area (Å²) in [6, 6.07) is 10.8. The zero-order valence-electron chi connectivity index (χ0n) is 7.66. The van der Waals surface area contributed by atoms with Gasteiger partial charge in [-0.3, -0.25) is 0 Å². The summed E-state index contributed by atoms with van der Waals surface area (Å²) in [5.74, 6) is 0. The normalized spacial score (nSPS) is 10.1. The first-order valence-electron chi connectivity index (χ1n) is 4.58. The molecule has 60 valence electrons. The van der Waals surface area contributed by atoms with Crippen LogP contribution in [0.4, 0.5) is 0 Å². The van der Waals surface area contributed by atoms with Crippen molar-refractivity contribution in [3.8, 4) is 0 Å². The fraction of sp³-hybridized carbons (Fsp3) is 0.273. The lowest BCUT2D eigenvalue weighted by atomic mass is 10.2. The number of hydrogen-bond acceptors (Lipinski definition) is 0. The van der Waals surface area contributed by atoms with Gasteiger partial charge in [0.2, 0.25) is 0 Å². The van der Waals surface area contributed by atoms with Gasteiger partial charge in [0.15, 0.2) is 0 Å². The third kappa shape index (κ3) is 3.93. The second-order valence-electron chi connectivity index (χ2n) is 2.95. The van der Waals surface area contributed by atoms with Crippen LogP contribution in [0, 0.1) is 0 Å². The van der Waals surface area contributed by atoms with Crippen LogP contribution in [0.2, 0.25) is 4.55 Å². The van der Waals surface area contributed by atoms with E-state index in [0.717, 1.165) is 0 Å². The highest BCUT2D eigenvalue weighted by Gasteiger charge is 1.93. The molecule has 1 rings (SSSR count). The van der Waals surface area contributed by atoms with Crippen molar-refractivity contribution in [2.24, 2.45) is 0 Å². The zero-order valence-corrected chi connectivity index (χ0v) is 9.08. The predicted octanol–water partition coefficient (Wildman–Crippen LogP) is 2.89. The molecule has 0 saturated carbocycles. The summed E-state index contributed by atoms with van der Waals surface area (Å²) in [4.78, 5) is 0. The first kappa shape index (κ1) is 9.81. The Morgan fingerprint density at radius 1 is 1.25 bits per heavy atom. The fourth-order valence-corrected chi connectivity index (χ4v) is 2.75. The van der Waals surface area contributed by atoms with E-state index in [2.05, 4.69) is 49.4 Å². The molecule has 0 heterocycles. The highest BCUT2D eigenvalue weighted by molar-refractivity contribution is 6.35. The van der Waals surface area contributed by atoms with Gasteiger partial charge >= 0.3 is 20.4 Å². The third-order valence-corrected chi connectivity index (χ3v) is 3.59. The number of allylic oxidation sites excluding steroid dienone is 2. The van der Waals surface area contributed by atoms with Crippen molar-refractivity contribution in [2.45, 2.75) is 16.0 Å². The second kappa shape index (κ2) is 6.27. The highest BCUT2D eigenvalue weighted by atomic mass is 24.5. The van der Waals surface area contributed by atoms with Crippen molar-refractivity contribution < 1.29 is 0 Å². The molecule has 0 bridgehead atoms. The SMILES string of the molecule is C/C=C/[CH2][Mg][CH2]c1ccccc1. The largest absolute Gasteiger partial charge is 0.376 e. The Morgan fingerprint density at radius 2 is 2.00 bits per heavy atom. The maximum atomic E-state index is 2.29. The van der Waals surface area contributed by atoms with Crippen molar-refractivity contribution in [1.29, 1.82) is 0 Å². The Hall–Kier alpha value is -0.274. The molecule has 1 aromatic carbocycles. The van der Waals surface area contributed by atoms with E-state index < -0.39 is 0 Å². The zero-order chi connectivity index (χ0) is 8.65. The Balaban J connectivity index is 2.24. The Labute approximate surface area is 84.4 Å². The van der Waals surface area contributed by atoms with Crippen molar-refractivity contribution in [3.05, 3.63) is 48.0 Å². The van der Waals surface area contributed by atoms with Crippen LogP contribution in [0.5, 0.6) is 0 Å². The molecule has 0 saturated heterocycles. The molecular formula is C11H14Mg. The quantitative estimate of drug-likeness (QED) is 0.370. The predicted molar refractivity (Wildman–Crippen MR) is 55.5 cm³/mol. The molecule has 12 heavy (non-hydrogen) atoms. The number of hydrogen-bond donors (Lipinski definition) is 0. The summed E-state index contributed by atoms with van der Waals surface area (Å²) < 4.78 is 2.68. The third-order valence-electron chi connectivity index (χ3n) is 1.91. The molecule has 0 spiro atoms. The van der Waals surface area contributed by atoms with Gasteiger partial charge in [0.25, 0.3) is 0 Å². The molecule has 0 aliphatic carbocycles. The summed E-state index contributed by atoms with van der Waals surface area (Å²) in [6.45, 7) is 2.09. The lowest BCUT2D eigenvalue weighted by Crippen LogP contribution is -1.93. The smallest absolute Gasteiger partial charge is 0.128 e. The molecule has 0 atom stereocenters. The van der Waals surface area contributed by atoms with Crippen LogP contribution in [0.1, 0.15) is 12.5 Å². The van der Waals surface area contributed by atoms with E-state index in [1.165, 1.54) is 14.7 Å². The average Bonchev–Trinajstić information content (AvgIpc) is 2.14. The van der Waals surface area contributed by atoms with Gasteiger partial charge in [-0.25, -0.2) is 0 Å². The van der Waals surface area contributed by atoms with E-state index >= 15 is 0 Å². The van der Waals surface area contributed by atoms with E-state index in [-0.39, 0.29) is 20.4 Å². The molecule has 1 aromatic rings. The summed E-state index contributed by atoms with van der Waals surface area (Å²) in [6.07, 6.45) is 4.44. The van der Waals surface area contributed by atoms with Crippen molar-refractivity contribution in [2.75, 3.05) is 0 Å². The van der Waals surface area contributed by atoms with Crippen LogP contribution in [-0.2, 0) is 4.55 Å². The Morgan fingerprint density at radius 3 is 2.67 bits per heavy atom. The molecule has 0 amide bonds. The summed E-state index contributed by atoms with van der Waals surface area (Å²) in [5, 5.41) is 0. The van der Waals surface area contributed by atoms with Gasteiger partial charge in [-0.1, -0.05) is 42.0 Å². The van der Waals surface area contributed by atoms with Crippen LogP contribution in [0.3, 0.4) is 0 Å². The molecule has 0 aliphatic heterocycles. The van der Waals surface area contributed by atoms with Gasteiger partial charge < -0.3 is 0 Å². The van der Waals surface area contributed by atoms with Gasteiger partial charge in [0, 0.05) is 0 Å². The minimum absolute atomic E-state index is 0.115. The Kier molecular flexibility index (Phi) is 5.12. The van der Waals surface area contributed by atoms with Crippen LogP contribution < -0.4 is 0 Å². The maximum Gasteiger partial charge on any atom is 0.376 e. The first-order chi connectivity index (χ1) is 5.93. The molecule has 0 nitrogen and oxygen atoms in total. The number of benzene rings is 1. The summed E-state index contributed by atoms with van der Waals surface area (Å²) >= 11 is 0.115. The van der Waals surface area contributed by atoms with Crippen LogP contribution in [-0.4, -0.2) is 20.4 Å². The summed E-state index contributed by atoms with van der Waals surface area (Å²) in [5.41, 5.74) is 1.51. The molecule has 0 aromatic heterocycles. The fourth-order valence-electron chi connectivity index (χ4n) is 1.24. The lowest BCUT2D eigenvalue weighted by Gasteiger charge is -1.95. The van der Waals surface area contributed by atoms with Crippen molar-refractivity contribution >= 4 is 20.4 Å². The molecule has 0 aliphatic rings. The molecule has 1 heteroatoms. The standard InChI is InChI=1S/C7H7.C4H7.Mg/c1-7-5-3-2-4-6-7;1-3-4-2;/h2-6H,1H2;3-4H,1H2,2H3;/b;4-3+;. The molecule has 0 N–H and O–H groups in total. The van der Waals surface area contributed by atoms with Gasteiger partial charge in [-0.15, -0.1) is 15.2 Å². The Bertz CT molecular complexity index is 226. The lowest BCUT2D eigenvalue weighted by molar-refractivity contribution is 1.36. The van der Waals surface area contributed by atoms with Crippen molar-refractivity contribution in [3.63, 3.8) is 0 Å². The van der Waals surface area contributed by atoms with E-state index in [4.69, 9.17) is 0 Å². The van der Waals surface area contributed by atoms with E-state index in [0.29, 0.717) is 0 Å². The minimum atomic E-state index is 0.115. The molecule has 0 radical (unpaired) electrons. The highest BCUT2D eigenvalue weighted by Crippen LogP contribution is 1.99. The van der Waals surface area contributed by atoms with E-state index in [9.17, 15) is 0 Å². The first-order valence-corrected chi connectivity index (χ1v) is 6.58. The van der Waals surface area contributed by atoms with Gasteiger partial charge in [0.05, 0.1) is 0 Å². The molecule has 0 unspecified atom stereocenters. The minimum Gasteiger partial charge on any atom is -0.128 e. The second-order valence-corrected chi connectivity index (χ2v) is 4.73. The van der Waals surface area contributed by atoms with Crippen molar-refractivity contribution in [1.82, 2.24) is 0 Å². The van der Waals surface area contributed by atoms with E-state index in [1.54, 1.807) is 0 Å². The van der Waals surface area contributed by atoms with Crippen LogP contribution >= 0.6 is 0 Å². The monoisotopic (exact) mass is 170 g/mol. The van der Waals surface area contributed by atoms with Gasteiger partial charge in [-0.2, -0.15) is 0 Å². The van der Waals surface area contributed by atoms with Gasteiger partial charge in [-0.05, 0) is 6.92 Å². The van der Waals surface area contributed by atoms with E-state index in [1.807, 2.05) is 0 Å². The number of rotatable bonds is 4. The van der Waals surface area contributed by atoms with Crippen LogP contribution in [0.25, 0.3) is 0 Å². The summed E-state index contributed by atoms with van der Waals surface area (Å²) in [7, 11) is 0. The average molecular weight is 171 g/mol. The molecule has 0 fully saturated rings. The van der Waals surface area contributed by atoms with Gasteiger partial charge in [0.1, 0.15) is 0 Å². The maximum absolute atomic E-state index is 2.29. The topological polar surface area (TPSA) is 0 Å².